The van der Waals surface area contributed by atoms with Crippen molar-refractivity contribution < 1.29 is 14.7 Å². The van der Waals surface area contributed by atoms with Gasteiger partial charge in [0.2, 0.25) is 0 Å². The number of aliphatic carboxylic acids is 1. The largest absolute Gasteiger partial charge is 0.481 e. The second-order valence-electron chi connectivity index (χ2n) is 5.39. The Kier molecular flexibility index (Phi) is 7.27. The molecule has 1 aromatic carbocycles. The number of thioether (sulfide) groups is 1. The molecule has 0 bridgehead atoms. The molecule has 1 N–H and O–H groups in total. The van der Waals surface area contributed by atoms with Gasteiger partial charge in [0.15, 0.2) is 0 Å². The average molecular weight is 384 g/mol. The lowest BCUT2D eigenvalue weighted by Crippen LogP contribution is -2.19. The molecule has 2 aromatic rings. The third-order valence-electron chi connectivity index (χ3n) is 3.51. The molecule has 1 atom stereocenters. The number of ketones is 1. The van der Waals surface area contributed by atoms with Crippen LogP contribution in [-0.4, -0.2) is 33.9 Å². The third-order valence-corrected chi connectivity index (χ3v) is 5.35. The molecular formula is C17H18ClNO3S2. The van der Waals surface area contributed by atoms with E-state index in [2.05, 4.69) is 4.98 Å². The van der Waals surface area contributed by atoms with Crippen molar-refractivity contribution in [1.29, 1.82) is 0 Å². The Morgan fingerprint density at radius 2 is 2.04 bits per heavy atom. The van der Waals surface area contributed by atoms with Crippen molar-refractivity contribution in [3.63, 3.8) is 0 Å². The molecule has 0 saturated heterocycles. The average Bonchev–Trinajstić information content (AvgIpc) is 3.00. The van der Waals surface area contributed by atoms with Crippen molar-refractivity contribution in [2.45, 2.75) is 19.3 Å². The van der Waals surface area contributed by atoms with Crippen molar-refractivity contribution in [1.82, 2.24) is 4.98 Å². The molecule has 128 valence electrons. The van der Waals surface area contributed by atoms with Gasteiger partial charge in [-0.15, -0.1) is 11.3 Å². The fourth-order valence-corrected chi connectivity index (χ4v) is 3.71. The summed E-state index contributed by atoms with van der Waals surface area (Å²) in [6.45, 7) is 0. The third kappa shape index (κ3) is 5.61. The lowest BCUT2D eigenvalue weighted by molar-refractivity contribution is -0.143. The van der Waals surface area contributed by atoms with Crippen LogP contribution in [-0.2, 0) is 16.0 Å². The van der Waals surface area contributed by atoms with Crippen LogP contribution in [0.25, 0.3) is 10.6 Å². The van der Waals surface area contributed by atoms with Crippen molar-refractivity contribution in [3.05, 3.63) is 40.4 Å². The van der Waals surface area contributed by atoms with Gasteiger partial charge in [-0.3, -0.25) is 9.59 Å². The second kappa shape index (κ2) is 9.20. The Morgan fingerprint density at radius 1 is 1.33 bits per heavy atom. The maximum absolute atomic E-state index is 12.2. The number of rotatable bonds is 9. The summed E-state index contributed by atoms with van der Waals surface area (Å²) in [4.78, 5) is 27.8. The summed E-state index contributed by atoms with van der Waals surface area (Å²) >= 11 is 8.92. The number of carboxylic acids is 1. The Hall–Kier alpha value is -1.37. The molecule has 0 unspecified atom stereocenters. The van der Waals surface area contributed by atoms with Crippen LogP contribution in [0.5, 0.6) is 0 Å². The highest BCUT2D eigenvalue weighted by Gasteiger charge is 2.21. The van der Waals surface area contributed by atoms with E-state index in [1.54, 1.807) is 23.9 Å². The quantitative estimate of drug-likeness (QED) is 0.694. The lowest BCUT2D eigenvalue weighted by atomic mass is 9.98. The molecule has 0 saturated carbocycles. The molecule has 0 aliphatic rings. The number of halogens is 1. The standard InChI is InChI=1S/C17H18ClNO3S2/c1-23-7-6-12(17(21)22)8-15(20)9-14-10-24-16(19-14)11-2-4-13(18)5-3-11/h2-5,10,12H,6-9H2,1H3,(H,21,22)/t12-/m1/s1. The number of nitrogens with zero attached hydrogens (tertiary/aromatic N) is 1. The molecule has 0 amide bonds. The van der Waals surface area contributed by atoms with E-state index >= 15 is 0 Å². The highest BCUT2D eigenvalue weighted by Crippen LogP contribution is 2.25. The maximum Gasteiger partial charge on any atom is 0.306 e. The molecule has 0 spiro atoms. The van der Waals surface area contributed by atoms with Crippen LogP contribution in [0, 0.1) is 5.92 Å². The molecule has 0 aliphatic heterocycles. The Labute approximate surface area is 154 Å². The number of carbonyl (C=O) groups excluding carboxylic acids is 1. The van der Waals surface area contributed by atoms with E-state index in [1.807, 2.05) is 23.8 Å². The molecule has 0 radical (unpaired) electrons. The van der Waals surface area contributed by atoms with Crippen molar-refractivity contribution in [2.75, 3.05) is 12.0 Å². The van der Waals surface area contributed by atoms with Gasteiger partial charge >= 0.3 is 5.97 Å². The SMILES string of the molecule is CSCC[C@H](CC(=O)Cc1csc(-c2ccc(Cl)cc2)n1)C(=O)O. The summed E-state index contributed by atoms with van der Waals surface area (Å²) in [7, 11) is 0. The molecule has 4 nitrogen and oxygen atoms in total. The number of thiazole rings is 1. The van der Waals surface area contributed by atoms with E-state index in [9.17, 15) is 14.7 Å². The molecule has 1 heterocycles. The Morgan fingerprint density at radius 3 is 2.67 bits per heavy atom. The highest BCUT2D eigenvalue weighted by molar-refractivity contribution is 7.98. The predicted molar refractivity (Wildman–Crippen MR) is 100 cm³/mol. The van der Waals surface area contributed by atoms with Gasteiger partial charge in [0, 0.05) is 28.8 Å². The van der Waals surface area contributed by atoms with Gasteiger partial charge in [-0.1, -0.05) is 23.7 Å². The smallest absolute Gasteiger partial charge is 0.306 e. The second-order valence-corrected chi connectivity index (χ2v) is 7.67. The minimum absolute atomic E-state index is 0.0592. The minimum Gasteiger partial charge on any atom is -0.481 e. The summed E-state index contributed by atoms with van der Waals surface area (Å²) < 4.78 is 0. The zero-order chi connectivity index (χ0) is 17.5. The monoisotopic (exact) mass is 383 g/mol. The van der Waals surface area contributed by atoms with E-state index < -0.39 is 11.9 Å². The molecule has 0 fully saturated rings. The van der Waals surface area contributed by atoms with Gasteiger partial charge in [-0.25, -0.2) is 4.98 Å². The van der Waals surface area contributed by atoms with Crippen molar-refractivity contribution in [3.8, 4) is 10.6 Å². The normalized spacial score (nSPS) is 12.1. The number of aromatic nitrogens is 1. The number of Topliss-reactive ketones (excluding diaryl/α,β-unsaturated/α-hetero) is 1. The first kappa shape index (κ1) is 19.0. The van der Waals surface area contributed by atoms with Crippen LogP contribution in [0.3, 0.4) is 0 Å². The zero-order valence-corrected chi connectivity index (χ0v) is 15.6. The first-order valence-electron chi connectivity index (χ1n) is 7.43. The van der Waals surface area contributed by atoms with Crippen molar-refractivity contribution >= 4 is 46.5 Å². The summed E-state index contributed by atoms with van der Waals surface area (Å²) in [5, 5.41) is 12.5. The van der Waals surface area contributed by atoms with E-state index in [-0.39, 0.29) is 18.6 Å². The van der Waals surface area contributed by atoms with Crippen LogP contribution < -0.4 is 0 Å². The van der Waals surface area contributed by atoms with Gasteiger partial charge in [0.1, 0.15) is 10.8 Å². The number of hydrogen-bond acceptors (Lipinski definition) is 5. The number of carbonyl (C=O) groups is 2. The Balaban J connectivity index is 1.97. The molecular weight excluding hydrogens is 366 g/mol. The molecule has 1 aromatic heterocycles. The molecule has 24 heavy (non-hydrogen) atoms. The van der Waals surface area contributed by atoms with Crippen molar-refractivity contribution in [2.24, 2.45) is 5.92 Å². The first-order valence-corrected chi connectivity index (χ1v) is 10.1. The predicted octanol–water partition coefficient (Wildman–Crippen LogP) is 4.42. The molecule has 2 rings (SSSR count). The van der Waals surface area contributed by atoms with E-state index in [0.29, 0.717) is 17.1 Å². The van der Waals surface area contributed by atoms with Gasteiger partial charge in [0.25, 0.3) is 0 Å². The molecule has 7 heteroatoms. The van der Waals surface area contributed by atoms with Gasteiger partial charge in [-0.05, 0) is 30.6 Å². The van der Waals surface area contributed by atoms with Crippen LogP contribution in [0.4, 0.5) is 0 Å². The first-order chi connectivity index (χ1) is 11.5. The van der Waals surface area contributed by atoms with Crippen LogP contribution >= 0.6 is 34.7 Å². The summed E-state index contributed by atoms with van der Waals surface area (Å²) in [5.41, 5.74) is 1.63. The van der Waals surface area contributed by atoms with Crippen LogP contribution in [0.1, 0.15) is 18.5 Å². The summed E-state index contributed by atoms with van der Waals surface area (Å²) in [6.07, 6.45) is 2.67. The van der Waals surface area contributed by atoms with Crippen LogP contribution in [0.2, 0.25) is 5.02 Å². The number of hydrogen-bond donors (Lipinski definition) is 1. The lowest BCUT2D eigenvalue weighted by Gasteiger charge is -2.10. The minimum atomic E-state index is -0.905. The van der Waals surface area contributed by atoms with Gasteiger partial charge < -0.3 is 5.11 Å². The van der Waals surface area contributed by atoms with E-state index in [0.717, 1.165) is 16.3 Å². The number of carboxylic acid groups (broad SMARTS) is 1. The summed E-state index contributed by atoms with van der Waals surface area (Å²) in [6, 6.07) is 7.36. The topological polar surface area (TPSA) is 67.3 Å². The maximum atomic E-state index is 12.2. The summed E-state index contributed by atoms with van der Waals surface area (Å²) in [5.74, 6) is -0.866. The Bertz CT molecular complexity index is 700. The highest BCUT2D eigenvalue weighted by atomic mass is 35.5. The molecule has 0 aliphatic carbocycles. The zero-order valence-electron chi connectivity index (χ0n) is 13.2. The van der Waals surface area contributed by atoms with Gasteiger partial charge in [-0.2, -0.15) is 11.8 Å². The van der Waals surface area contributed by atoms with Crippen LogP contribution in [0.15, 0.2) is 29.6 Å². The van der Waals surface area contributed by atoms with Gasteiger partial charge in [0.05, 0.1) is 11.6 Å². The van der Waals surface area contributed by atoms with E-state index in [4.69, 9.17) is 11.6 Å². The fourth-order valence-electron chi connectivity index (χ4n) is 2.24. The van der Waals surface area contributed by atoms with E-state index in [1.165, 1.54) is 11.3 Å². The fraction of sp³-hybridized carbons (Fsp3) is 0.353. The number of benzene rings is 1.